The Labute approximate surface area is 109 Å². The van der Waals surface area contributed by atoms with Crippen LogP contribution in [-0.4, -0.2) is 18.8 Å². The number of rotatable bonds is 4. The van der Waals surface area contributed by atoms with E-state index in [0.717, 1.165) is 24.2 Å². The van der Waals surface area contributed by atoms with Crippen LogP contribution in [-0.2, 0) is 4.74 Å². The van der Waals surface area contributed by atoms with Crippen LogP contribution in [0.15, 0.2) is 18.2 Å². The summed E-state index contributed by atoms with van der Waals surface area (Å²) in [4.78, 5) is 0. The molecular weight excluding hydrogens is 226 g/mol. The minimum absolute atomic E-state index is 0.0102. The third-order valence-electron chi connectivity index (χ3n) is 3.40. The number of hydrogen-bond acceptors (Lipinski definition) is 3. The molecule has 2 rings (SSSR count). The van der Waals surface area contributed by atoms with Crippen molar-refractivity contribution in [1.29, 1.82) is 0 Å². The van der Waals surface area contributed by atoms with Crippen molar-refractivity contribution in [2.45, 2.75) is 51.9 Å². The molecule has 1 heterocycles. The van der Waals surface area contributed by atoms with Crippen molar-refractivity contribution in [3.63, 3.8) is 0 Å². The normalized spacial score (nSPS) is 25.1. The van der Waals surface area contributed by atoms with Gasteiger partial charge in [0.25, 0.3) is 0 Å². The standard InChI is InChI=1S/C15H23NO2/c1-10-4-7-14(12(3)16)15(8-10)17-9-13-6-5-11(2)18-13/h4,7-8,11-13H,5-6,9,16H2,1-3H3/t11?,12-,13?/m0/s1. The van der Waals surface area contributed by atoms with Crippen LogP contribution in [0.1, 0.15) is 43.9 Å². The molecular formula is C15H23NO2. The van der Waals surface area contributed by atoms with Crippen molar-refractivity contribution in [2.75, 3.05) is 6.61 Å². The smallest absolute Gasteiger partial charge is 0.124 e. The highest BCUT2D eigenvalue weighted by Gasteiger charge is 2.22. The van der Waals surface area contributed by atoms with Gasteiger partial charge in [0.05, 0.1) is 12.2 Å². The lowest BCUT2D eigenvalue weighted by Gasteiger charge is -2.17. The Balaban J connectivity index is 2.01. The van der Waals surface area contributed by atoms with Gasteiger partial charge in [-0.25, -0.2) is 0 Å². The van der Waals surface area contributed by atoms with Gasteiger partial charge >= 0.3 is 0 Å². The third kappa shape index (κ3) is 3.24. The lowest BCUT2D eigenvalue weighted by molar-refractivity contribution is 0.0262. The maximum Gasteiger partial charge on any atom is 0.124 e. The molecule has 2 N–H and O–H groups in total. The average molecular weight is 249 g/mol. The number of nitrogens with two attached hydrogens (primary N) is 1. The molecule has 2 unspecified atom stereocenters. The minimum Gasteiger partial charge on any atom is -0.491 e. The second kappa shape index (κ2) is 5.72. The average Bonchev–Trinajstić information content (AvgIpc) is 2.72. The zero-order chi connectivity index (χ0) is 13.1. The van der Waals surface area contributed by atoms with Gasteiger partial charge in [-0.2, -0.15) is 0 Å². The monoisotopic (exact) mass is 249 g/mol. The van der Waals surface area contributed by atoms with Crippen molar-refractivity contribution < 1.29 is 9.47 Å². The highest BCUT2D eigenvalue weighted by molar-refractivity contribution is 5.38. The van der Waals surface area contributed by atoms with Gasteiger partial charge in [-0.05, 0) is 45.2 Å². The van der Waals surface area contributed by atoms with Crippen LogP contribution >= 0.6 is 0 Å². The molecule has 0 aliphatic carbocycles. The molecule has 1 saturated heterocycles. The molecule has 3 heteroatoms. The van der Waals surface area contributed by atoms with E-state index in [2.05, 4.69) is 26.0 Å². The fraction of sp³-hybridized carbons (Fsp3) is 0.600. The van der Waals surface area contributed by atoms with Crippen LogP contribution in [0.5, 0.6) is 5.75 Å². The van der Waals surface area contributed by atoms with Crippen LogP contribution in [0.3, 0.4) is 0 Å². The van der Waals surface area contributed by atoms with E-state index < -0.39 is 0 Å². The van der Waals surface area contributed by atoms with Gasteiger partial charge in [0.2, 0.25) is 0 Å². The predicted molar refractivity (Wildman–Crippen MR) is 72.8 cm³/mol. The Kier molecular flexibility index (Phi) is 4.25. The summed E-state index contributed by atoms with van der Waals surface area (Å²) in [6.07, 6.45) is 2.80. The lowest BCUT2D eigenvalue weighted by Crippen LogP contribution is -2.19. The summed E-state index contributed by atoms with van der Waals surface area (Å²) in [6.45, 7) is 6.77. The van der Waals surface area contributed by atoms with Gasteiger partial charge in [-0.15, -0.1) is 0 Å². The summed E-state index contributed by atoms with van der Waals surface area (Å²) in [5.74, 6) is 0.896. The Morgan fingerprint density at radius 3 is 2.83 bits per heavy atom. The lowest BCUT2D eigenvalue weighted by atomic mass is 10.1. The molecule has 0 radical (unpaired) electrons. The molecule has 0 spiro atoms. The first-order valence-electron chi connectivity index (χ1n) is 6.70. The molecule has 1 aliphatic rings. The molecule has 1 aromatic carbocycles. The number of aryl methyl sites for hydroxylation is 1. The van der Waals surface area contributed by atoms with E-state index in [1.165, 1.54) is 5.56 Å². The zero-order valence-electron chi connectivity index (χ0n) is 11.5. The third-order valence-corrected chi connectivity index (χ3v) is 3.40. The van der Waals surface area contributed by atoms with Crippen LogP contribution in [0.25, 0.3) is 0 Å². The summed E-state index contributed by atoms with van der Waals surface area (Å²) in [6, 6.07) is 6.16. The van der Waals surface area contributed by atoms with Crippen molar-refractivity contribution in [2.24, 2.45) is 5.73 Å². The van der Waals surface area contributed by atoms with Gasteiger partial charge in [0.15, 0.2) is 0 Å². The van der Waals surface area contributed by atoms with Crippen molar-refractivity contribution in [3.05, 3.63) is 29.3 Å². The van der Waals surface area contributed by atoms with E-state index in [0.29, 0.717) is 12.7 Å². The highest BCUT2D eigenvalue weighted by Crippen LogP contribution is 2.27. The van der Waals surface area contributed by atoms with Crippen LogP contribution in [0, 0.1) is 6.92 Å². The van der Waals surface area contributed by atoms with Gasteiger partial charge in [0, 0.05) is 11.6 Å². The molecule has 3 atom stereocenters. The molecule has 3 nitrogen and oxygen atoms in total. The summed E-state index contributed by atoms with van der Waals surface area (Å²) in [5, 5.41) is 0. The van der Waals surface area contributed by atoms with E-state index in [1.54, 1.807) is 0 Å². The first-order chi connectivity index (χ1) is 8.56. The number of benzene rings is 1. The predicted octanol–water partition coefficient (Wildman–Crippen LogP) is 2.96. The second-order valence-electron chi connectivity index (χ2n) is 5.29. The van der Waals surface area contributed by atoms with Gasteiger partial charge in [-0.3, -0.25) is 0 Å². The Hall–Kier alpha value is -1.06. The maximum absolute atomic E-state index is 5.96. The molecule has 100 valence electrons. The van der Waals surface area contributed by atoms with Crippen LogP contribution in [0.4, 0.5) is 0 Å². The van der Waals surface area contributed by atoms with E-state index in [4.69, 9.17) is 15.2 Å². The Morgan fingerprint density at radius 1 is 1.44 bits per heavy atom. The van der Waals surface area contributed by atoms with Crippen LogP contribution < -0.4 is 10.5 Å². The molecule has 1 aliphatic heterocycles. The summed E-state index contributed by atoms with van der Waals surface area (Å²) >= 11 is 0. The minimum atomic E-state index is -0.0102. The van der Waals surface area contributed by atoms with E-state index >= 15 is 0 Å². The summed E-state index contributed by atoms with van der Waals surface area (Å²) < 4.78 is 11.7. The molecule has 0 aromatic heterocycles. The van der Waals surface area contributed by atoms with E-state index in [1.807, 2.05) is 13.0 Å². The Bertz CT molecular complexity index is 403. The molecule has 0 bridgehead atoms. The molecule has 0 amide bonds. The molecule has 1 aromatic rings. The Morgan fingerprint density at radius 2 is 2.22 bits per heavy atom. The van der Waals surface area contributed by atoms with E-state index in [9.17, 15) is 0 Å². The van der Waals surface area contributed by atoms with Gasteiger partial charge in [0.1, 0.15) is 12.4 Å². The molecule has 18 heavy (non-hydrogen) atoms. The van der Waals surface area contributed by atoms with Crippen LogP contribution in [0.2, 0.25) is 0 Å². The number of hydrogen-bond donors (Lipinski definition) is 1. The maximum atomic E-state index is 5.96. The highest BCUT2D eigenvalue weighted by atomic mass is 16.5. The zero-order valence-corrected chi connectivity index (χ0v) is 11.5. The molecule has 1 fully saturated rings. The first-order valence-corrected chi connectivity index (χ1v) is 6.70. The van der Waals surface area contributed by atoms with Gasteiger partial charge in [-0.1, -0.05) is 12.1 Å². The fourth-order valence-corrected chi connectivity index (χ4v) is 2.33. The summed E-state index contributed by atoms with van der Waals surface area (Å²) in [7, 11) is 0. The number of ether oxygens (including phenoxy) is 2. The molecule has 0 saturated carbocycles. The second-order valence-corrected chi connectivity index (χ2v) is 5.29. The van der Waals surface area contributed by atoms with E-state index in [-0.39, 0.29) is 12.1 Å². The first kappa shape index (κ1) is 13.4. The van der Waals surface area contributed by atoms with Crippen molar-refractivity contribution in [1.82, 2.24) is 0 Å². The summed E-state index contributed by atoms with van der Waals surface area (Å²) in [5.41, 5.74) is 8.21. The SMILES string of the molecule is Cc1ccc([C@H](C)N)c(OCC2CCC(C)O2)c1. The van der Waals surface area contributed by atoms with Gasteiger partial charge < -0.3 is 15.2 Å². The topological polar surface area (TPSA) is 44.5 Å². The van der Waals surface area contributed by atoms with Crippen molar-refractivity contribution in [3.8, 4) is 5.75 Å². The fourth-order valence-electron chi connectivity index (χ4n) is 2.33. The largest absolute Gasteiger partial charge is 0.491 e. The quantitative estimate of drug-likeness (QED) is 0.892. The van der Waals surface area contributed by atoms with Crippen molar-refractivity contribution >= 4 is 0 Å².